The highest BCUT2D eigenvalue weighted by Gasteiger charge is 2.29. The predicted octanol–water partition coefficient (Wildman–Crippen LogP) is 8.16. The van der Waals surface area contributed by atoms with Crippen LogP contribution in [0.15, 0.2) is 45.5 Å². The third-order valence-electron chi connectivity index (χ3n) is 4.71. The molecule has 0 spiro atoms. The fourth-order valence-corrected chi connectivity index (χ4v) is 13.0. The maximum absolute atomic E-state index is 12.8. The minimum absolute atomic E-state index is 0.214. The van der Waals surface area contributed by atoms with E-state index in [2.05, 4.69) is 10.6 Å². The predicted molar refractivity (Wildman–Crippen MR) is 183 cm³/mol. The molecule has 238 valence electrons. The number of benzene rings is 1. The summed E-state index contributed by atoms with van der Waals surface area (Å²) in [6.45, 7) is 16.2. The number of rotatable bonds is 20. The lowest BCUT2D eigenvalue weighted by molar-refractivity contribution is -0.138. The van der Waals surface area contributed by atoms with Gasteiger partial charge in [0.2, 0.25) is 0 Å². The molecule has 1 aromatic carbocycles. The summed E-state index contributed by atoms with van der Waals surface area (Å²) in [6, 6.07) is 7.32. The summed E-state index contributed by atoms with van der Waals surface area (Å²) in [7, 11) is 0. The largest absolute Gasteiger partial charge is 0.462 e. The van der Waals surface area contributed by atoms with Crippen molar-refractivity contribution < 1.29 is 37.2 Å². The number of anilines is 2. The highest BCUT2D eigenvalue weighted by Crippen LogP contribution is 2.65. The van der Waals surface area contributed by atoms with Crippen molar-refractivity contribution in [1.29, 1.82) is 0 Å². The molecule has 0 heterocycles. The molecule has 0 unspecified atom stereocenters. The summed E-state index contributed by atoms with van der Waals surface area (Å²) < 4.78 is 33.4. The van der Waals surface area contributed by atoms with Crippen LogP contribution in [0.25, 0.3) is 0 Å². The van der Waals surface area contributed by atoms with E-state index >= 15 is 0 Å². The summed E-state index contributed by atoms with van der Waals surface area (Å²) in [5, 5.41) is 6.49. The van der Waals surface area contributed by atoms with Gasteiger partial charge in [-0.15, -0.1) is 0 Å². The van der Waals surface area contributed by atoms with Gasteiger partial charge in [-0.05, 0) is 126 Å². The molecule has 1 aromatic rings. The van der Waals surface area contributed by atoms with Crippen LogP contribution < -0.4 is 10.6 Å². The Morgan fingerprint density at radius 3 is 1.14 bits per heavy atom. The van der Waals surface area contributed by atoms with Crippen LogP contribution in [0.5, 0.6) is 0 Å². The molecule has 0 saturated carbocycles. The molecule has 42 heavy (non-hydrogen) atoms. The van der Waals surface area contributed by atoms with E-state index in [1.165, 1.54) is 0 Å². The molecule has 1 rings (SSSR count). The fourth-order valence-electron chi connectivity index (χ4n) is 3.13. The molecular weight excluding hydrogens is 659 g/mol. The van der Waals surface area contributed by atoms with Gasteiger partial charge in [-0.25, -0.2) is 9.59 Å². The zero-order valence-electron chi connectivity index (χ0n) is 25.3. The monoisotopic (exact) mass is 700 g/mol. The van der Waals surface area contributed by atoms with Gasteiger partial charge in [-0.3, -0.25) is 0 Å². The Kier molecular flexibility index (Phi) is 18.8. The van der Waals surface area contributed by atoms with Crippen LogP contribution in [0.1, 0.15) is 55.4 Å². The van der Waals surface area contributed by atoms with E-state index in [1.807, 2.05) is 52.0 Å². The van der Waals surface area contributed by atoms with Gasteiger partial charge >= 0.3 is 11.9 Å². The van der Waals surface area contributed by atoms with E-state index in [-0.39, 0.29) is 13.2 Å². The van der Waals surface area contributed by atoms with Crippen molar-refractivity contribution in [1.82, 2.24) is 0 Å². The average Bonchev–Trinajstić information content (AvgIpc) is 2.92. The lowest BCUT2D eigenvalue weighted by Gasteiger charge is -2.22. The summed E-state index contributed by atoms with van der Waals surface area (Å²) >= 11 is 13.4. The molecule has 0 atom stereocenters. The van der Waals surface area contributed by atoms with Crippen LogP contribution in [0, 0.1) is 0 Å². The van der Waals surface area contributed by atoms with Gasteiger partial charge in [0.25, 0.3) is 11.4 Å². The van der Waals surface area contributed by atoms with Crippen LogP contribution >= 0.6 is 34.2 Å². The number of ether oxygens (including phenoxy) is 2. The van der Waals surface area contributed by atoms with Gasteiger partial charge < -0.3 is 38.2 Å². The van der Waals surface area contributed by atoms with Crippen LogP contribution in [-0.4, -0.2) is 51.6 Å². The molecule has 10 nitrogen and oxygen atoms in total. The van der Waals surface area contributed by atoms with Crippen molar-refractivity contribution in [3.8, 4) is 0 Å². The fraction of sp³-hybridized carbons (Fsp3) is 0.538. The number of esters is 2. The van der Waals surface area contributed by atoms with E-state index in [1.54, 1.807) is 27.7 Å². The smallest absolute Gasteiger partial charge is 0.346 e. The third kappa shape index (κ3) is 13.4. The molecule has 0 aliphatic heterocycles. The van der Waals surface area contributed by atoms with E-state index in [0.29, 0.717) is 59.0 Å². The Labute approximate surface area is 268 Å². The Morgan fingerprint density at radius 2 is 0.905 bits per heavy atom. The van der Waals surface area contributed by atoms with Crippen LogP contribution in [0.3, 0.4) is 0 Å². The Bertz CT molecular complexity index is 1080. The quantitative estimate of drug-likeness (QED) is 0.0775. The first-order valence-electron chi connectivity index (χ1n) is 13.5. The highest BCUT2D eigenvalue weighted by molar-refractivity contribution is 8.70. The van der Waals surface area contributed by atoms with Crippen molar-refractivity contribution >= 4 is 81.1 Å². The lowest BCUT2D eigenvalue weighted by atomic mass is 10.2. The molecule has 0 bridgehead atoms. The molecular formula is C26H42N2O8P2S4. The molecule has 16 heteroatoms. The third-order valence-corrected chi connectivity index (χ3v) is 15.1. The molecule has 0 saturated heterocycles. The highest BCUT2D eigenvalue weighted by atomic mass is 32.9. The van der Waals surface area contributed by atoms with E-state index in [4.69, 9.17) is 51.2 Å². The number of hydrogen-bond acceptors (Lipinski definition) is 14. The first-order valence-corrected chi connectivity index (χ1v) is 21.6. The van der Waals surface area contributed by atoms with Gasteiger partial charge in [0.1, 0.15) is 9.81 Å². The molecule has 2 N–H and O–H groups in total. The normalized spacial score (nSPS) is 13.1. The van der Waals surface area contributed by atoms with Crippen LogP contribution in [-0.2, 0) is 60.8 Å². The molecule has 0 aliphatic rings. The number of hydrogen-bond donors (Lipinski definition) is 2. The topological polar surface area (TPSA) is 114 Å². The minimum atomic E-state index is -2.81. The molecule has 0 fully saturated rings. The number of carbonyl (C=O) groups excluding carboxylic acids is 2. The van der Waals surface area contributed by atoms with Crippen LogP contribution in [0.2, 0.25) is 0 Å². The second kappa shape index (κ2) is 20.2. The lowest BCUT2D eigenvalue weighted by Crippen LogP contribution is -2.12. The van der Waals surface area contributed by atoms with Crippen molar-refractivity contribution in [2.75, 3.05) is 50.3 Å². The second-order valence-corrected chi connectivity index (χ2v) is 20.2. The first kappa shape index (κ1) is 39.1. The maximum Gasteiger partial charge on any atom is 0.346 e. The van der Waals surface area contributed by atoms with Gasteiger partial charge in [0, 0.05) is 22.8 Å². The zero-order valence-corrected chi connectivity index (χ0v) is 30.4. The van der Waals surface area contributed by atoms with Gasteiger partial charge in [-0.1, -0.05) is 0 Å². The van der Waals surface area contributed by atoms with Crippen molar-refractivity contribution in [3.05, 3.63) is 45.5 Å². The Balaban J connectivity index is 3.29. The summed E-state index contributed by atoms with van der Waals surface area (Å²) in [5.41, 5.74) is -3.10. The average molecular weight is 701 g/mol. The van der Waals surface area contributed by atoms with Gasteiger partial charge in [-0.2, -0.15) is 0 Å². The maximum atomic E-state index is 12.8. The first-order chi connectivity index (χ1) is 19.9. The van der Waals surface area contributed by atoms with E-state index in [0.717, 1.165) is 22.8 Å². The van der Waals surface area contributed by atoms with Crippen LogP contribution in [0.4, 0.5) is 11.4 Å². The molecule has 0 aromatic heterocycles. The summed E-state index contributed by atoms with van der Waals surface area (Å²) in [4.78, 5) is 26.2. The SMILES string of the molecule is CCOC(=O)/C(SP(=S)(OCC)OCC)=C(/C)Nc1ccc(N/C(C)=C(/SP(=S)(OCC)OCC)C(=O)OCC)cc1. The number of carbonyl (C=O) groups is 2. The standard InChI is InChI=1S/C26H42N2O8P2S4/c1-9-31-25(29)23(41-37(39,33-11-3)34-12-4)19(7)27-21-15-17-22(18-16-21)28-20(8)24(26(30)32-10-2)42-38(40,35-13-5)36-14-6/h15-18,27-28H,9-14H2,1-8H3/b23-19+,24-20+. The Morgan fingerprint density at radius 1 is 0.619 bits per heavy atom. The summed E-state index contributed by atoms with van der Waals surface area (Å²) in [5.74, 6) is -1.02. The van der Waals surface area contributed by atoms with E-state index < -0.39 is 23.3 Å². The van der Waals surface area contributed by atoms with Crippen molar-refractivity contribution in [2.45, 2.75) is 55.4 Å². The molecule has 0 amide bonds. The van der Waals surface area contributed by atoms with Gasteiger partial charge in [0.05, 0.1) is 39.6 Å². The van der Waals surface area contributed by atoms with E-state index in [9.17, 15) is 9.59 Å². The second-order valence-electron chi connectivity index (χ2n) is 7.92. The summed E-state index contributed by atoms with van der Waals surface area (Å²) in [6.07, 6.45) is 0. The van der Waals surface area contributed by atoms with Gasteiger partial charge in [0.15, 0.2) is 0 Å². The Hall–Kier alpha value is -0.920. The zero-order chi connectivity index (χ0) is 31.8. The van der Waals surface area contributed by atoms with Crippen molar-refractivity contribution in [2.24, 2.45) is 0 Å². The minimum Gasteiger partial charge on any atom is -0.462 e. The number of nitrogens with one attached hydrogen (secondary N) is 2. The molecule has 0 aliphatic carbocycles. The molecule has 0 radical (unpaired) electrons. The van der Waals surface area contributed by atoms with Crippen molar-refractivity contribution in [3.63, 3.8) is 0 Å². The number of allylic oxidation sites excluding steroid dienone is 2.